The summed E-state index contributed by atoms with van der Waals surface area (Å²) >= 11 is 1.60. The number of thiophene rings is 1. The highest BCUT2D eigenvalue weighted by Gasteiger charge is 2.41. The monoisotopic (exact) mass is 292 g/mol. The third-order valence-electron chi connectivity index (χ3n) is 4.53. The number of piperidine rings is 1. The van der Waals surface area contributed by atoms with E-state index in [1.807, 2.05) is 17.0 Å². The van der Waals surface area contributed by atoms with Crippen LogP contribution in [0.3, 0.4) is 0 Å². The van der Waals surface area contributed by atoms with E-state index in [0.717, 1.165) is 43.8 Å². The second-order valence-electron chi connectivity index (χ2n) is 5.87. The van der Waals surface area contributed by atoms with Crippen LogP contribution in [0.2, 0.25) is 0 Å². The Morgan fingerprint density at radius 1 is 1.40 bits per heavy atom. The van der Waals surface area contributed by atoms with Crippen LogP contribution < -0.4 is 5.32 Å². The molecule has 0 bridgehead atoms. The Hall–Kier alpha value is -1.36. The summed E-state index contributed by atoms with van der Waals surface area (Å²) in [5.74, 6) is 0.317. The van der Waals surface area contributed by atoms with E-state index in [0.29, 0.717) is 6.42 Å². The fraction of sp³-hybridized carbons (Fsp3) is 0.600. The summed E-state index contributed by atoms with van der Waals surface area (Å²) in [7, 11) is 0. The maximum absolute atomic E-state index is 12.5. The lowest BCUT2D eigenvalue weighted by molar-refractivity contribution is -0.119. The molecule has 1 aromatic heterocycles. The number of amides is 2. The number of rotatable bonds is 2. The van der Waals surface area contributed by atoms with Crippen molar-refractivity contribution < 1.29 is 9.59 Å². The molecule has 3 rings (SSSR count). The van der Waals surface area contributed by atoms with Crippen LogP contribution in [0.5, 0.6) is 0 Å². The SMILES string of the molecule is CCc1ccc(C(=O)N2CCC3(CC2)CNC(=O)C3)s1. The van der Waals surface area contributed by atoms with E-state index in [1.54, 1.807) is 11.3 Å². The van der Waals surface area contributed by atoms with Crippen molar-refractivity contribution in [3.8, 4) is 0 Å². The number of nitrogens with zero attached hydrogens (tertiary/aromatic N) is 1. The van der Waals surface area contributed by atoms with Crippen molar-refractivity contribution in [2.75, 3.05) is 19.6 Å². The first-order chi connectivity index (χ1) is 9.62. The van der Waals surface area contributed by atoms with Crippen molar-refractivity contribution in [3.63, 3.8) is 0 Å². The van der Waals surface area contributed by atoms with Crippen molar-refractivity contribution in [1.29, 1.82) is 0 Å². The van der Waals surface area contributed by atoms with Gasteiger partial charge in [-0.15, -0.1) is 11.3 Å². The fourth-order valence-electron chi connectivity index (χ4n) is 3.13. The summed E-state index contributed by atoms with van der Waals surface area (Å²) < 4.78 is 0. The van der Waals surface area contributed by atoms with Crippen LogP contribution in [0.25, 0.3) is 0 Å². The van der Waals surface area contributed by atoms with Crippen LogP contribution in [0.15, 0.2) is 12.1 Å². The Labute approximate surface area is 123 Å². The summed E-state index contributed by atoms with van der Waals surface area (Å²) in [6.07, 6.45) is 3.48. The molecule has 1 N–H and O–H groups in total. The number of hydrogen-bond acceptors (Lipinski definition) is 3. The lowest BCUT2D eigenvalue weighted by Crippen LogP contribution is -2.43. The first kappa shape index (κ1) is 13.6. The van der Waals surface area contributed by atoms with Gasteiger partial charge < -0.3 is 10.2 Å². The Kier molecular flexibility index (Phi) is 3.54. The predicted octanol–water partition coefficient (Wildman–Crippen LogP) is 2.05. The third-order valence-corrected chi connectivity index (χ3v) is 5.75. The zero-order valence-corrected chi connectivity index (χ0v) is 12.6. The first-order valence-electron chi connectivity index (χ1n) is 7.27. The molecule has 1 spiro atoms. The van der Waals surface area contributed by atoms with E-state index in [2.05, 4.69) is 12.2 Å². The van der Waals surface area contributed by atoms with E-state index in [-0.39, 0.29) is 17.2 Å². The molecular formula is C15H20N2O2S. The predicted molar refractivity (Wildman–Crippen MR) is 78.9 cm³/mol. The highest BCUT2D eigenvalue weighted by Crippen LogP contribution is 2.37. The maximum Gasteiger partial charge on any atom is 0.263 e. The molecule has 2 amide bonds. The van der Waals surface area contributed by atoms with Gasteiger partial charge in [0.1, 0.15) is 0 Å². The van der Waals surface area contributed by atoms with Gasteiger partial charge in [-0.1, -0.05) is 6.92 Å². The van der Waals surface area contributed by atoms with Gasteiger partial charge in [0.15, 0.2) is 0 Å². The highest BCUT2D eigenvalue weighted by molar-refractivity contribution is 7.14. The van der Waals surface area contributed by atoms with Crippen molar-refractivity contribution in [2.24, 2.45) is 5.41 Å². The molecule has 0 aliphatic carbocycles. The molecule has 2 saturated heterocycles. The number of carbonyl (C=O) groups is 2. The van der Waals surface area contributed by atoms with E-state index in [1.165, 1.54) is 4.88 Å². The van der Waals surface area contributed by atoms with Crippen LogP contribution in [0.4, 0.5) is 0 Å². The number of aryl methyl sites for hydroxylation is 1. The molecule has 0 atom stereocenters. The second kappa shape index (κ2) is 5.20. The molecule has 1 aromatic rings. The summed E-state index contributed by atoms with van der Waals surface area (Å²) in [5.41, 5.74) is 0.109. The minimum atomic E-state index is 0.109. The molecule has 0 unspecified atom stereocenters. The van der Waals surface area contributed by atoms with Gasteiger partial charge in [0.2, 0.25) is 5.91 Å². The van der Waals surface area contributed by atoms with Gasteiger partial charge in [0.25, 0.3) is 5.91 Å². The third kappa shape index (κ3) is 2.46. The van der Waals surface area contributed by atoms with Gasteiger partial charge in [-0.3, -0.25) is 9.59 Å². The summed E-state index contributed by atoms with van der Waals surface area (Å²) in [6.45, 7) is 4.43. The summed E-state index contributed by atoms with van der Waals surface area (Å²) in [6, 6.07) is 3.99. The van der Waals surface area contributed by atoms with Crippen LogP contribution in [-0.4, -0.2) is 36.3 Å². The zero-order valence-electron chi connectivity index (χ0n) is 11.8. The molecule has 3 heterocycles. The van der Waals surface area contributed by atoms with E-state index in [4.69, 9.17) is 0 Å². The summed E-state index contributed by atoms with van der Waals surface area (Å²) in [5, 5.41) is 2.93. The van der Waals surface area contributed by atoms with Gasteiger partial charge in [-0.25, -0.2) is 0 Å². The summed E-state index contributed by atoms with van der Waals surface area (Å²) in [4.78, 5) is 27.9. The molecule has 0 radical (unpaired) electrons. The van der Waals surface area contributed by atoms with Crippen LogP contribution in [-0.2, 0) is 11.2 Å². The Bertz CT molecular complexity index is 530. The van der Waals surface area contributed by atoms with Gasteiger partial charge in [-0.2, -0.15) is 0 Å². The molecule has 2 fully saturated rings. The fourth-order valence-corrected chi connectivity index (χ4v) is 4.04. The Balaban J connectivity index is 1.63. The molecular weight excluding hydrogens is 272 g/mol. The Morgan fingerprint density at radius 3 is 2.70 bits per heavy atom. The molecule has 0 aromatic carbocycles. The molecule has 20 heavy (non-hydrogen) atoms. The van der Waals surface area contributed by atoms with E-state index >= 15 is 0 Å². The number of nitrogens with one attached hydrogen (secondary N) is 1. The van der Waals surface area contributed by atoms with Crippen molar-refractivity contribution >= 4 is 23.2 Å². The molecule has 5 heteroatoms. The van der Waals surface area contributed by atoms with Crippen molar-refractivity contribution in [1.82, 2.24) is 10.2 Å². The molecule has 0 saturated carbocycles. The Morgan fingerprint density at radius 2 is 2.15 bits per heavy atom. The smallest absolute Gasteiger partial charge is 0.263 e. The average Bonchev–Trinajstić information content (AvgIpc) is 3.06. The highest BCUT2D eigenvalue weighted by atomic mass is 32.1. The molecule has 2 aliphatic rings. The second-order valence-corrected chi connectivity index (χ2v) is 7.03. The van der Waals surface area contributed by atoms with E-state index in [9.17, 15) is 9.59 Å². The quantitative estimate of drug-likeness (QED) is 0.907. The molecule has 108 valence electrons. The average molecular weight is 292 g/mol. The lowest BCUT2D eigenvalue weighted by Gasteiger charge is -2.38. The minimum absolute atomic E-state index is 0.109. The van der Waals surface area contributed by atoms with Gasteiger partial charge in [0, 0.05) is 30.9 Å². The van der Waals surface area contributed by atoms with Crippen LogP contribution >= 0.6 is 11.3 Å². The largest absolute Gasteiger partial charge is 0.356 e. The number of hydrogen-bond donors (Lipinski definition) is 1. The number of likely N-dealkylation sites (tertiary alicyclic amines) is 1. The normalized spacial score (nSPS) is 21.2. The first-order valence-corrected chi connectivity index (χ1v) is 8.08. The topological polar surface area (TPSA) is 49.4 Å². The van der Waals surface area contributed by atoms with Gasteiger partial charge in [-0.05, 0) is 36.8 Å². The van der Waals surface area contributed by atoms with Crippen molar-refractivity contribution in [3.05, 3.63) is 21.9 Å². The van der Waals surface area contributed by atoms with Gasteiger partial charge >= 0.3 is 0 Å². The minimum Gasteiger partial charge on any atom is -0.356 e. The standard InChI is InChI=1S/C15H20N2O2S/c1-2-11-3-4-12(20-11)14(19)17-7-5-15(6-8-17)9-13(18)16-10-15/h3-4H,2,5-10H2,1H3,(H,16,18). The van der Waals surface area contributed by atoms with Crippen molar-refractivity contribution in [2.45, 2.75) is 32.6 Å². The molecule has 4 nitrogen and oxygen atoms in total. The lowest BCUT2D eigenvalue weighted by atomic mass is 9.77. The van der Waals surface area contributed by atoms with Gasteiger partial charge in [0.05, 0.1) is 4.88 Å². The zero-order chi connectivity index (χ0) is 14.2. The number of carbonyl (C=O) groups excluding carboxylic acids is 2. The maximum atomic E-state index is 12.5. The molecule has 2 aliphatic heterocycles. The van der Waals surface area contributed by atoms with Crippen LogP contribution in [0.1, 0.15) is 40.7 Å². The van der Waals surface area contributed by atoms with E-state index < -0.39 is 0 Å². The van der Waals surface area contributed by atoms with Crippen LogP contribution in [0, 0.1) is 5.41 Å².